The van der Waals surface area contributed by atoms with Gasteiger partial charge in [0.05, 0.1) is 11.3 Å². The fraction of sp³-hybridized carbons (Fsp3) is 0.565. The second kappa shape index (κ2) is 12.3. The number of para-hydroxylation sites is 1. The maximum atomic E-state index is 13.1. The molecule has 4 nitrogen and oxygen atoms in total. The molecule has 0 radical (unpaired) electrons. The fourth-order valence-corrected chi connectivity index (χ4v) is 3.71. The van der Waals surface area contributed by atoms with Crippen molar-refractivity contribution in [3.8, 4) is 6.07 Å². The van der Waals surface area contributed by atoms with Crippen LogP contribution in [0.2, 0.25) is 0 Å². The molecule has 0 aliphatic heterocycles. The minimum Gasteiger partial charge on any atom is -0.387 e. The molecular weight excluding hydrogens is 391 g/mol. The Bertz CT molecular complexity index is 741. The van der Waals surface area contributed by atoms with Crippen molar-refractivity contribution in [2.24, 2.45) is 0 Å². The number of anilines is 1. The van der Waals surface area contributed by atoms with Gasteiger partial charge in [0.25, 0.3) is 5.91 Å². The summed E-state index contributed by atoms with van der Waals surface area (Å²) in [7, 11) is 0. The molecule has 30 heavy (non-hydrogen) atoms. The Kier molecular flexibility index (Phi) is 9.72. The standard InChI is InChI=1S/C23H30F3N3O/c24-23(25,26)20-14-10-11-15-21(20)29-22(30)18(16-27)17-28-19-12-8-6-4-2-1-3-5-7-9-13-19/h10-11,14-15,17,19,28H,1-9,12-13H2,(H,29,30)/b18-17-. The van der Waals surface area contributed by atoms with E-state index in [1.807, 2.05) is 0 Å². The van der Waals surface area contributed by atoms with Crippen molar-refractivity contribution in [1.82, 2.24) is 5.32 Å². The maximum Gasteiger partial charge on any atom is 0.418 e. The molecule has 1 amide bonds. The average Bonchev–Trinajstić information content (AvgIpc) is 2.69. The zero-order chi connectivity index (χ0) is 21.8. The molecule has 0 unspecified atom stereocenters. The zero-order valence-corrected chi connectivity index (χ0v) is 17.2. The fourth-order valence-electron chi connectivity index (χ4n) is 3.71. The number of carbonyl (C=O) groups is 1. The predicted octanol–water partition coefficient (Wildman–Crippen LogP) is 6.31. The number of hydrogen-bond acceptors (Lipinski definition) is 3. The third-order valence-electron chi connectivity index (χ3n) is 5.41. The van der Waals surface area contributed by atoms with E-state index in [0.717, 1.165) is 31.7 Å². The number of nitrogens with one attached hydrogen (secondary N) is 2. The minimum atomic E-state index is -4.59. The van der Waals surface area contributed by atoms with Crippen LogP contribution in [0.25, 0.3) is 0 Å². The summed E-state index contributed by atoms with van der Waals surface area (Å²) < 4.78 is 39.4. The van der Waals surface area contributed by atoms with Crippen molar-refractivity contribution < 1.29 is 18.0 Å². The molecule has 0 aromatic heterocycles. The Morgan fingerprint density at radius 3 is 2.03 bits per heavy atom. The largest absolute Gasteiger partial charge is 0.418 e. The first kappa shape index (κ1) is 23.8. The quantitative estimate of drug-likeness (QED) is 0.442. The highest BCUT2D eigenvalue weighted by atomic mass is 19.4. The molecule has 164 valence electrons. The van der Waals surface area contributed by atoms with Crippen molar-refractivity contribution in [3.05, 3.63) is 41.6 Å². The highest BCUT2D eigenvalue weighted by molar-refractivity contribution is 6.06. The van der Waals surface area contributed by atoms with Crippen LogP contribution in [0.15, 0.2) is 36.0 Å². The molecule has 0 heterocycles. The van der Waals surface area contributed by atoms with Gasteiger partial charge in [0.1, 0.15) is 11.6 Å². The number of nitrogens with zero attached hydrogens (tertiary/aromatic N) is 1. The lowest BCUT2D eigenvalue weighted by Gasteiger charge is -2.19. The Labute approximate surface area is 176 Å². The Morgan fingerprint density at radius 1 is 0.967 bits per heavy atom. The number of nitriles is 1. The SMILES string of the molecule is N#C/C(=C/NC1CCCCCCCCCCC1)C(=O)Nc1ccccc1C(F)(F)F. The van der Waals surface area contributed by atoms with Gasteiger partial charge in [0, 0.05) is 12.2 Å². The Hall–Kier alpha value is -2.49. The van der Waals surface area contributed by atoms with Gasteiger partial charge in [-0.3, -0.25) is 4.79 Å². The molecule has 0 spiro atoms. The van der Waals surface area contributed by atoms with Gasteiger partial charge >= 0.3 is 6.18 Å². The van der Waals surface area contributed by atoms with Gasteiger partial charge < -0.3 is 10.6 Å². The van der Waals surface area contributed by atoms with Crippen LogP contribution < -0.4 is 10.6 Å². The molecule has 0 saturated heterocycles. The molecule has 1 aromatic carbocycles. The van der Waals surface area contributed by atoms with E-state index in [1.165, 1.54) is 69.3 Å². The normalized spacial score (nSPS) is 17.9. The van der Waals surface area contributed by atoms with Crippen molar-refractivity contribution >= 4 is 11.6 Å². The topological polar surface area (TPSA) is 64.9 Å². The van der Waals surface area contributed by atoms with Gasteiger partial charge in [-0.05, 0) is 25.0 Å². The lowest BCUT2D eigenvalue weighted by Crippen LogP contribution is -2.26. The number of carbonyl (C=O) groups excluding carboxylic acids is 1. The number of benzene rings is 1. The van der Waals surface area contributed by atoms with E-state index in [1.54, 1.807) is 6.07 Å². The third kappa shape index (κ3) is 8.10. The average molecular weight is 422 g/mol. The molecule has 0 bridgehead atoms. The lowest BCUT2D eigenvalue weighted by atomic mass is 9.98. The molecule has 2 rings (SSSR count). The zero-order valence-electron chi connectivity index (χ0n) is 17.2. The first-order chi connectivity index (χ1) is 14.4. The summed E-state index contributed by atoms with van der Waals surface area (Å²) in [6.45, 7) is 0. The van der Waals surface area contributed by atoms with E-state index in [0.29, 0.717) is 0 Å². The third-order valence-corrected chi connectivity index (χ3v) is 5.41. The van der Waals surface area contributed by atoms with Gasteiger partial charge in [-0.2, -0.15) is 18.4 Å². The van der Waals surface area contributed by atoms with Crippen LogP contribution in [0.3, 0.4) is 0 Å². The van der Waals surface area contributed by atoms with Gasteiger partial charge in [0.2, 0.25) is 0 Å². The van der Waals surface area contributed by atoms with Crippen LogP contribution >= 0.6 is 0 Å². The van der Waals surface area contributed by atoms with E-state index in [-0.39, 0.29) is 17.3 Å². The Balaban J connectivity index is 2.01. The number of hydrogen-bond donors (Lipinski definition) is 2. The van der Waals surface area contributed by atoms with Crippen LogP contribution in [0.4, 0.5) is 18.9 Å². The number of alkyl halides is 3. The van der Waals surface area contributed by atoms with Crippen molar-refractivity contribution in [2.75, 3.05) is 5.32 Å². The molecule has 2 N–H and O–H groups in total. The highest BCUT2D eigenvalue weighted by Gasteiger charge is 2.33. The van der Waals surface area contributed by atoms with Gasteiger partial charge in [0.15, 0.2) is 0 Å². The summed E-state index contributed by atoms with van der Waals surface area (Å²) in [6, 6.07) is 6.68. The molecule has 1 saturated carbocycles. The van der Waals surface area contributed by atoms with E-state index in [4.69, 9.17) is 0 Å². The highest BCUT2D eigenvalue weighted by Crippen LogP contribution is 2.34. The maximum absolute atomic E-state index is 13.1. The number of amides is 1. The van der Waals surface area contributed by atoms with E-state index >= 15 is 0 Å². The number of rotatable bonds is 4. The van der Waals surface area contributed by atoms with Crippen LogP contribution in [0, 0.1) is 11.3 Å². The Morgan fingerprint density at radius 2 is 1.50 bits per heavy atom. The first-order valence-electron chi connectivity index (χ1n) is 10.8. The summed E-state index contributed by atoms with van der Waals surface area (Å²) in [5.74, 6) is -0.852. The van der Waals surface area contributed by atoms with Gasteiger partial charge in [-0.1, -0.05) is 69.9 Å². The molecule has 1 aliphatic carbocycles. The van der Waals surface area contributed by atoms with Crippen molar-refractivity contribution in [1.29, 1.82) is 5.26 Å². The first-order valence-corrected chi connectivity index (χ1v) is 10.8. The van der Waals surface area contributed by atoms with Gasteiger partial charge in [-0.15, -0.1) is 0 Å². The van der Waals surface area contributed by atoms with E-state index in [2.05, 4.69) is 10.6 Å². The van der Waals surface area contributed by atoms with E-state index in [9.17, 15) is 23.2 Å². The van der Waals surface area contributed by atoms with Crippen LogP contribution in [-0.4, -0.2) is 11.9 Å². The summed E-state index contributed by atoms with van der Waals surface area (Å²) in [6.07, 6.45) is 9.48. The van der Waals surface area contributed by atoms with Gasteiger partial charge in [-0.25, -0.2) is 0 Å². The second-order valence-electron chi connectivity index (χ2n) is 7.79. The molecule has 1 aromatic rings. The van der Waals surface area contributed by atoms with Crippen LogP contribution in [-0.2, 0) is 11.0 Å². The van der Waals surface area contributed by atoms with Crippen molar-refractivity contribution in [3.63, 3.8) is 0 Å². The second-order valence-corrected chi connectivity index (χ2v) is 7.79. The van der Waals surface area contributed by atoms with Crippen LogP contribution in [0.1, 0.15) is 76.2 Å². The molecular formula is C23H30F3N3O. The molecule has 0 atom stereocenters. The smallest absolute Gasteiger partial charge is 0.387 e. The molecule has 7 heteroatoms. The summed E-state index contributed by atoms with van der Waals surface area (Å²) in [5, 5.41) is 14.7. The van der Waals surface area contributed by atoms with E-state index < -0.39 is 17.6 Å². The minimum absolute atomic E-state index is 0.156. The lowest BCUT2D eigenvalue weighted by molar-refractivity contribution is -0.137. The summed E-state index contributed by atoms with van der Waals surface area (Å²) >= 11 is 0. The monoisotopic (exact) mass is 421 g/mol. The number of halogens is 3. The molecule has 1 aliphatic rings. The molecule has 1 fully saturated rings. The van der Waals surface area contributed by atoms with Crippen molar-refractivity contribution in [2.45, 2.75) is 82.8 Å². The van der Waals surface area contributed by atoms with Crippen LogP contribution in [0.5, 0.6) is 0 Å². The predicted molar refractivity (Wildman–Crippen MR) is 111 cm³/mol. The summed E-state index contributed by atoms with van der Waals surface area (Å²) in [5.41, 5.74) is -1.54. The summed E-state index contributed by atoms with van der Waals surface area (Å²) in [4.78, 5) is 12.4.